The molecule has 0 bridgehead atoms. The number of nitrogens with zero attached hydrogens (tertiary/aromatic N) is 1. The van der Waals surface area contributed by atoms with Gasteiger partial charge in [-0.3, -0.25) is 30.3 Å². The monoisotopic (exact) mass is 305 g/mol. The van der Waals surface area contributed by atoms with Crippen molar-refractivity contribution in [1.82, 2.24) is 10.6 Å². The molecular formula is C13H11N3O6. The number of amides is 2. The second-order valence-electron chi connectivity index (χ2n) is 5.24. The van der Waals surface area contributed by atoms with Crippen molar-refractivity contribution in [2.24, 2.45) is 11.8 Å². The van der Waals surface area contributed by atoms with Gasteiger partial charge in [-0.05, 0) is 17.7 Å². The maximum Gasteiger partial charge on any atom is 0.329 e. The summed E-state index contributed by atoms with van der Waals surface area (Å²) in [5.74, 6) is -4.32. The van der Waals surface area contributed by atoms with Gasteiger partial charge in [0.2, 0.25) is 11.8 Å². The number of nitro groups is 1. The van der Waals surface area contributed by atoms with E-state index < -0.39 is 40.1 Å². The number of rotatable bonds is 3. The Morgan fingerprint density at radius 3 is 2.45 bits per heavy atom. The lowest BCUT2D eigenvalue weighted by Gasteiger charge is -2.29. The molecule has 2 fully saturated rings. The summed E-state index contributed by atoms with van der Waals surface area (Å²) in [7, 11) is 0. The lowest BCUT2D eigenvalue weighted by atomic mass is 9.76. The average molecular weight is 305 g/mol. The Morgan fingerprint density at radius 2 is 1.91 bits per heavy atom. The molecular weight excluding hydrogens is 294 g/mol. The topological polar surface area (TPSA) is 139 Å². The van der Waals surface area contributed by atoms with Gasteiger partial charge >= 0.3 is 5.97 Å². The molecule has 3 rings (SSSR count). The van der Waals surface area contributed by atoms with Crippen molar-refractivity contribution in [2.75, 3.05) is 6.54 Å². The van der Waals surface area contributed by atoms with E-state index in [1.54, 1.807) is 0 Å². The highest BCUT2D eigenvalue weighted by molar-refractivity contribution is 6.09. The number of aliphatic carboxylic acids is 1. The van der Waals surface area contributed by atoms with Crippen molar-refractivity contribution in [3.63, 3.8) is 0 Å². The number of nitrogens with one attached hydrogen (secondary N) is 2. The SMILES string of the molecule is O=C1NC(=O)C2C1CNC2(C(=O)O)c1ccc([N+](=O)[O-])cc1. The van der Waals surface area contributed by atoms with Crippen LogP contribution in [-0.2, 0) is 19.9 Å². The fraction of sp³-hybridized carbons (Fsp3) is 0.308. The summed E-state index contributed by atoms with van der Waals surface area (Å²) in [4.78, 5) is 45.6. The highest BCUT2D eigenvalue weighted by atomic mass is 16.6. The van der Waals surface area contributed by atoms with Crippen LogP contribution in [0.3, 0.4) is 0 Å². The lowest BCUT2D eigenvalue weighted by molar-refractivity contribution is -0.384. The summed E-state index contributed by atoms with van der Waals surface area (Å²) in [6.07, 6.45) is 0. The van der Waals surface area contributed by atoms with E-state index in [-0.39, 0.29) is 17.8 Å². The minimum atomic E-state index is -1.77. The van der Waals surface area contributed by atoms with Gasteiger partial charge in [-0.2, -0.15) is 0 Å². The number of carboxylic acid groups (broad SMARTS) is 1. The summed E-state index contributed by atoms with van der Waals surface area (Å²) in [5.41, 5.74) is -1.76. The number of non-ortho nitro benzene ring substituents is 1. The standard InChI is InChI=1S/C13H11N3O6/c17-10-8-5-14-13(12(19)20,9(8)11(18)15-10)6-1-3-7(4-2-6)16(21)22/h1-4,8-9,14H,5H2,(H,19,20)(H,15,17,18). The second-order valence-corrected chi connectivity index (χ2v) is 5.24. The molecule has 22 heavy (non-hydrogen) atoms. The number of carbonyl (C=O) groups is 3. The zero-order chi connectivity index (χ0) is 16.1. The van der Waals surface area contributed by atoms with Crippen molar-refractivity contribution in [3.05, 3.63) is 39.9 Å². The summed E-state index contributed by atoms with van der Waals surface area (Å²) in [6.45, 7) is 0.0472. The van der Waals surface area contributed by atoms with E-state index in [2.05, 4.69) is 10.6 Å². The fourth-order valence-corrected chi connectivity index (χ4v) is 3.18. The molecule has 9 heteroatoms. The van der Waals surface area contributed by atoms with Crippen LogP contribution >= 0.6 is 0 Å². The summed E-state index contributed by atoms with van der Waals surface area (Å²) in [6, 6.07) is 4.92. The largest absolute Gasteiger partial charge is 0.480 e. The predicted molar refractivity (Wildman–Crippen MR) is 70.5 cm³/mol. The first kappa shape index (κ1) is 14.1. The quantitative estimate of drug-likeness (QED) is 0.383. The van der Waals surface area contributed by atoms with Gasteiger partial charge in [0, 0.05) is 18.7 Å². The van der Waals surface area contributed by atoms with Crippen LogP contribution in [0.2, 0.25) is 0 Å². The molecule has 114 valence electrons. The number of carboxylic acids is 1. The first-order chi connectivity index (χ1) is 10.4. The van der Waals surface area contributed by atoms with E-state index in [1.807, 2.05) is 0 Å². The van der Waals surface area contributed by atoms with Gasteiger partial charge in [0.15, 0.2) is 5.54 Å². The van der Waals surface area contributed by atoms with Crippen LogP contribution in [0, 0.1) is 22.0 Å². The van der Waals surface area contributed by atoms with Gasteiger partial charge in [-0.15, -0.1) is 0 Å². The van der Waals surface area contributed by atoms with Crippen molar-refractivity contribution in [3.8, 4) is 0 Å². The van der Waals surface area contributed by atoms with Gasteiger partial charge in [0.25, 0.3) is 5.69 Å². The first-order valence-corrected chi connectivity index (χ1v) is 6.46. The Hall–Kier alpha value is -2.81. The third-order valence-corrected chi connectivity index (χ3v) is 4.21. The summed E-state index contributed by atoms with van der Waals surface area (Å²) < 4.78 is 0. The van der Waals surface area contributed by atoms with E-state index in [4.69, 9.17) is 0 Å². The van der Waals surface area contributed by atoms with Crippen LogP contribution in [0.25, 0.3) is 0 Å². The molecule has 2 amide bonds. The third kappa shape index (κ3) is 1.72. The zero-order valence-electron chi connectivity index (χ0n) is 11.1. The Balaban J connectivity index is 2.10. The van der Waals surface area contributed by atoms with Gasteiger partial charge < -0.3 is 5.11 Å². The molecule has 3 N–H and O–H groups in total. The molecule has 9 nitrogen and oxygen atoms in total. The Bertz CT molecular complexity index is 700. The van der Waals surface area contributed by atoms with Crippen molar-refractivity contribution < 1.29 is 24.4 Å². The van der Waals surface area contributed by atoms with Gasteiger partial charge in [-0.25, -0.2) is 4.79 Å². The van der Waals surface area contributed by atoms with E-state index in [0.29, 0.717) is 0 Å². The Labute approximate surface area is 123 Å². The van der Waals surface area contributed by atoms with E-state index >= 15 is 0 Å². The van der Waals surface area contributed by atoms with Gasteiger partial charge in [0.05, 0.1) is 16.8 Å². The molecule has 3 unspecified atom stereocenters. The Morgan fingerprint density at radius 1 is 1.27 bits per heavy atom. The molecule has 0 spiro atoms. The molecule has 0 aliphatic carbocycles. The summed E-state index contributed by atoms with van der Waals surface area (Å²) in [5, 5.41) is 25.2. The van der Waals surface area contributed by atoms with E-state index in [1.165, 1.54) is 24.3 Å². The normalized spacial score (nSPS) is 30.0. The van der Waals surface area contributed by atoms with E-state index in [0.717, 1.165) is 0 Å². The van der Waals surface area contributed by atoms with Crippen LogP contribution in [0.4, 0.5) is 5.69 Å². The molecule has 2 aliphatic heterocycles. The van der Waals surface area contributed by atoms with Gasteiger partial charge in [-0.1, -0.05) is 0 Å². The maximum absolute atomic E-state index is 12.0. The van der Waals surface area contributed by atoms with Crippen LogP contribution in [0.1, 0.15) is 5.56 Å². The van der Waals surface area contributed by atoms with Crippen molar-refractivity contribution in [2.45, 2.75) is 5.54 Å². The highest BCUT2D eigenvalue weighted by Crippen LogP contribution is 2.43. The summed E-state index contributed by atoms with van der Waals surface area (Å²) >= 11 is 0. The molecule has 1 aromatic carbocycles. The molecule has 2 aliphatic rings. The number of hydrogen-bond donors (Lipinski definition) is 3. The van der Waals surface area contributed by atoms with Crippen molar-refractivity contribution in [1.29, 1.82) is 0 Å². The average Bonchev–Trinajstić information content (AvgIpc) is 3.00. The zero-order valence-corrected chi connectivity index (χ0v) is 11.1. The van der Waals surface area contributed by atoms with Crippen LogP contribution in [0.15, 0.2) is 24.3 Å². The fourth-order valence-electron chi connectivity index (χ4n) is 3.18. The Kier molecular flexibility index (Phi) is 2.96. The highest BCUT2D eigenvalue weighted by Gasteiger charge is 2.63. The number of carbonyl (C=O) groups excluding carboxylic acids is 2. The smallest absolute Gasteiger partial charge is 0.329 e. The molecule has 3 atom stereocenters. The minimum absolute atomic E-state index is 0.0472. The van der Waals surface area contributed by atoms with E-state index in [9.17, 15) is 29.6 Å². The number of fused-ring (bicyclic) bond motifs is 1. The molecule has 1 aromatic rings. The number of hydrogen-bond acceptors (Lipinski definition) is 6. The predicted octanol–water partition coefficient (Wildman–Crippen LogP) is -0.633. The maximum atomic E-state index is 12.0. The second kappa shape index (κ2) is 4.60. The molecule has 0 radical (unpaired) electrons. The number of benzene rings is 1. The third-order valence-electron chi connectivity index (χ3n) is 4.21. The molecule has 2 saturated heterocycles. The van der Waals surface area contributed by atoms with Crippen LogP contribution in [0.5, 0.6) is 0 Å². The number of nitro benzene ring substituents is 1. The van der Waals surface area contributed by atoms with Gasteiger partial charge in [0.1, 0.15) is 0 Å². The molecule has 0 aromatic heterocycles. The lowest BCUT2D eigenvalue weighted by Crippen LogP contribution is -2.52. The van der Waals surface area contributed by atoms with Crippen LogP contribution in [-0.4, -0.2) is 34.4 Å². The number of imide groups is 1. The van der Waals surface area contributed by atoms with Crippen LogP contribution < -0.4 is 10.6 Å². The van der Waals surface area contributed by atoms with Crippen molar-refractivity contribution >= 4 is 23.5 Å². The molecule has 2 heterocycles. The minimum Gasteiger partial charge on any atom is -0.480 e. The molecule has 0 saturated carbocycles. The first-order valence-electron chi connectivity index (χ1n) is 6.46.